The lowest BCUT2D eigenvalue weighted by Gasteiger charge is -2.12. The number of hydrogen-bond acceptors (Lipinski definition) is 6. The van der Waals surface area contributed by atoms with Crippen LogP contribution in [0.25, 0.3) is 0 Å². The Labute approximate surface area is 133 Å². The number of rotatable bonds is 6. The fourth-order valence-electron chi connectivity index (χ4n) is 1.64. The number of methoxy groups -OCH3 is 1. The second-order valence-electron chi connectivity index (χ2n) is 4.54. The number of ether oxygens (including phenoxy) is 2. The molecule has 0 spiro atoms. The minimum absolute atomic E-state index is 0.00981. The molecule has 0 aliphatic heterocycles. The van der Waals surface area contributed by atoms with Crippen LogP contribution in [-0.4, -0.2) is 30.0 Å². The van der Waals surface area contributed by atoms with E-state index in [0.717, 1.165) is 0 Å². The lowest BCUT2D eigenvalue weighted by atomic mass is 10.3. The van der Waals surface area contributed by atoms with Crippen molar-refractivity contribution in [3.63, 3.8) is 0 Å². The molecule has 0 fully saturated rings. The van der Waals surface area contributed by atoms with Crippen molar-refractivity contribution in [3.05, 3.63) is 54.4 Å². The zero-order valence-corrected chi connectivity index (χ0v) is 12.8. The summed E-state index contributed by atoms with van der Waals surface area (Å²) in [5, 5.41) is 3.57. The predicted molar refractivity (Wildman–Crippen MR) is 84.1 cm³/mol. The van der Waals surface area contributed by atoms with E-state index in [2.05, 4.69) is 10.1 Å². The largest absolute Gasteiger partial charge is 0.497 e. The lowest BCUT2D eigenvalue weighted by molar-refractivity contribution is -0.151. The minimum atomic E-state index is -0.844. The summed E-state index contributed by atoms with van der Waals surface area (Å²) >= 11 is 0. The van der Waals surface area contributed by atoms with Gasteiger partial charge in [0.2, 0.25) is 0 Å². The standard InChI is InChI=1S/C16H17N3O4/c1-11(22-13-8-6-12(21-2)7-9-13)16(20)23-19-15(17)14-5-3-4-10-18-14/h3-11H,1-2H3,(H2,17,19)/t11-/m1/s1. The molecule has 1 aromatic heterocycles. The van der Waals surface area contributed by atoms with Crippen molar-refractivity contribution in [2.24, 2.45) is 10.9 Å². The van der Waals surface area contributed by atoms with E-state index in [-0.39, 0.29) is 5.84 Å². The van der Waals surface area contributed by atoms with Gasteiger partial charge in [0.05, 0.1) is 7.11 Å². The topological polar surface area (TPSA) is 96.0 Å². The van der Waals surface area contributed by atoms with E-state index in [1.807, 2.05) is 0 Å². The number of carbonyl (C=O) groups is 1. The third-order valence-electron chi connectivity index (χ3n) is 2.87. The molecule has 7 heteroatoms. The number of carbonyl (C=O) groups excluding carboxylic acids is 1. The first-order valence-electron chi connectivity index (χ1n) is 6.86. The number of aromatic nitrogens is 1. The summed E-state index contributed by atoms with van der Waals surface area (Å²) in [6.07, 6.45) is 0.721. The first-order valence-corrected chi connectivity index (χ1v) is 6.86. The molecule has 2 N–H and O–H groups in total. The molecule has 0 aliphatic rings. The SMILES string of the molecule is COc1ccc(O[C@H](C)C(=O)O/N=C(/N)c2ccccn2)cc1. The molecule has 0 unspecified atom stereocenters. The van der Waals surface area contributed by atoms with E-state index in [1.165, 1.54) is 0 Å². The molecule has 0 radical (unpaired) electrons. The lowest BCUT2D eigenvalue weighted by Crippen LogP contribution is -2.26. The Morgan fingerprint density at radius 2 is 1.87 bits per heavy atom. The van der Waals surface area contributed by atoms with Crippen LogP contribution in [0, 0.1) is 0 Å². The second kappa shape index (κ2) is 7.79. The van der Waals surface area contributed by atoms with Crippen molar-refractivity contribution in [1.82, 2.24) is 4.98 Å². The van der Waals surface area contributed by atoms with Crippen molar-refractivity contribution in [2.75, 3.05) is 7.11 Å². The zero-order chi connectivity index (χ0) is 16.7. The number of oxime groups is 1. The fourth-order valence-corrected chi connectivity index (χ4v) is 1.64. The molecule has 1 heterocycles. The molecule has 0 amide bonds. The Kier molecular flexibility index (Phi) is 5.51. The number of nitrogens with two attached hydrogens (primary N) is 1. The third-order valence-corrected chi connectivity index (χ3v) is 2.87. The fraction of sp³-hybridized carbons (Fsp3) is 0.188. The maximum atomic E-state index is 11.9. The van der Waals surface area contributed by atoms with E-state index in [9.17, 15) is 4.79 Å². The smallest absolute Gasteiger partial charge is 0.374 e. The highest BCUT2D eigenvalue weighted by atomic mass is 16.7. The van der Waals surface area contributed by atoms with Crippen molar-refractivity contribution in [3.8, 4) is 11.5 Å². The van der Waals surface area contributed by atoms with Crippen LogP contribution in [0.3, 0.4) is 0 Å². The molecule has 1 aromatic carbocycles. The molecule has 0 saturated carbocycles. The van der Waals surface area contributed by atoms with Gasteiger partial charge in [-0.1, -0.05) is 11.2 Å². The Morgan fingerprint density at radius 3 is 2.48 bits per heavy atom. The van der Waals surface area contributed by atoms with Crippen LogP contribution in [-0.2, 0) is 9.63 Å². The molecule has 0 bridgehead atoms. The molecule has 120 valence electrons. The number of hydrogen-bond donors (Lipinski definition) is 1. The van der Waals surface area contributed by atoms with Gasteiger partial charge in [0.25, 0.3) is 0 Å². The van der Waals surface area contributed by atoms with Crippen LogP contribution in [0.1, 0.15) is 12.6 Å². The van der Waals surface area contributed by atoms with Crippen LogP contribution in [0.4, 0.5) is 0 Å². The first kappa shape index (κ1) is 16.3. The average molecular weight is 315 g/mol. The van der Waals surface area contributed by atoms with Crippen molar-refractivity contribution >= 4 is 11.8 Å². The quantitative estimate of drug-likeness (QED) is 0.377. The van der Waals surface area contributed by atoms with Gasteiger partial charge in [0.15, 0.2) is 11.9 Å². The molecular weight excluding hydrogens is 298 g/mol. The zero-order valence-electron chi connectivity index (χ0n) is 12.8. The van der Waals surface area contributed by atoms with E-state index in [1.54, 1.807) is 62.7 Å². The summed E-state index contributed by atoms with van der Waals surface area (Å²) in [6, 6.07) is 12.0. The predicted octanol–water partition coefficient (Wildman–Crippen LogP) is 1.72. The molecule has 7 nitrogen and oxygen atoms in total. The number of amidine groups is 1. The van der Waals surface area contributed by atoms with Crippen molar-refractivity contribution in [2.45, 2.75) is 13.0 Å². The summed E-state index contributed by atoms with van der Waals surface area (Å²) in [6.45, 7) is 1.55. The second-order valence-corrected chi connectivity index (χ2v) is 4.54. The van der Waals surface area contributed by atoms with Gasteiger partial charge >= 0.3 is 5.97 Å². The molecule has 1 atom stereocenters. The molecule has 0 aliphatic carbocycles. The number of benzene rings is 1. The normalized spacial score (nSPS) is 12.3. The van der Waals surface area contributed by atoms with Crippen LogP contribution < -0.4 is 15.2 Å². The third kappa shape index (κ3) is 4.70. The molecule has 23 heavy (non-hydrogen) atoms. The molecule has 2 aromatic rings. The van der Waals surface area contributed by atoms with Crippen LogP contribution in [0.2, 0.25) is 0 Å². The van der Waals surface area contributed by atoms with Gasteiger partial charge in [-0.15, -0.1) is 0 Å². The van der Waals surface area contributed by atoms with Crippen LogP contribution in [0.15, 0.2) is 53.8 Å². The van der Waals surface area contributed by atoms with Gasteiger partial charge in [-0.3, -0.25) is 4.98 Å². The first-order chi connectivity index (χ1) is 11.1. The highest BCUT2D eigenvalue weighted by Gasteiger charge is 2.17. The highest BCUT2D eigenvalue weighted by Crippen LogP contribution is 2.18. The summed E-state index contributed by atoms with van der Waals surface area (Å²) in [5.41, 5.74) is 6.10. The van der Waals surface area contributed by atoms with Gasteiger partial charge in [-0.25, -0.2) is 4.79 Å². The molecule has 2 rings (SSSR count). The average Bonchev–Trinajstić information content (AvgIpc) is 2.60. The monoisotopic (exact) mass is 315 g/mol. The molecule has 0 saturated heterocycles. The Hall–Kier alpha value is -3.09. The van der Waals surface area contributed by atoms with E-state index >= 15 is 0 Å². The summed E-state index contributed by atoms with van der Waals surface area (Å²) in [7, 11) is 1.57. The van der Waals surface area contributed by atoms with Gasteiger partial charge in [-0.2, -0.15) is 0 Å². The maximum absolute atomic E-state index is 11.9. The Balaban J connectivity index is 1.91. The molecular formula is C16H17N3O4. The van der Waals surface area contributed by atoms with Gasteiger partial charge in [0.1, 0.15) is 17.2 Å². The van der Waals surface area contributed by atoms with E-state index in [4.69, 9.17) is 20.0 Å². The highest BCUT2D eigenvalue weighted by molar-refractivity contribution is 5.95. The summed E-state index contributed by atoms with van der Waals surface area (Å²) in [5.74, 6) is 0.549. The van der Waals surface area contributed by atoms with Gasteiger partial charge in [0, 0.05) is 6.20 Å². The number of nitrogens with zero attached hydrogens (tertiary/aromatic N) is 2. The maximum Gasteiger partial charge on any atom is 0.374 e. The van der Waals surface area contributed by atoms with Crippen LogP contribution in [0.5, 0.6) is 11.5 Å². The minimum Gasteiger partial charge on any atom is -0.497 e. The van der Waals surface area contributed by atoms with E-state index in [0.29, 0.717) is 17.2 Å². The van der Waals surface area contributed by atoms with Crippen molar-refractivity contribution in [1.29, 1.82) is 0 Å². The number of pyridine rings is 1. The summed E-state index contributed by atoms with van der Waals surface area (Å²) in [4.78, 5) is 20.6. The Bertz CT molecular complexity index is 671. The van der Waals surface area contributed by atoms with E-state index < -0.39 is 12.1 Å². The summed E-state index contributed by atoms with van der Waals surface area (Å²) < 4.78 is 10.5. The Morgan fingerprint density at radius 1 is 1.17 bits per heavy atom. The van der Waals surface area contributed by atoms with Gasteiger partial charge < -0.3 is 20.0 Å². The van der Waals surface area contributed by atoms with Gasteiger partial charge in [-0.05, 0) is 43.3 Å². The van der Waals surface area contributed by atoms with Crippen molar-refractivity contribution < 1.29 is 19.1 Å². The van der Waals surface area contributed by atoms with Crippen LogP contribution >= 0.6 is 0 Å².